The van der Waals surface area contributed by atoms with Crippen LogP contribution < -0.4 is 11.1 Å². The molecule has 1 fully saturated rings. The Bertz CT molecular complexity index is 1240. The summed E-state index contributed by atoms with van der Waals surface area (Å²) in [6, 6.07) is 6.01. The fraction of sp³-hybridized carbons (Fsp3) is 0.227. The first kappa shape index (κ1) is 26.7. The van der Waals surface area contributed by atoms with E-state index in [2.05, 4.69) is 20.4 Å². The number of hydrogen-bond acceptors (Lipinski definition) is 5. The second-order valence-corrected chi connectivity index (χ2v) is 7.53. The fourth-order valence-electron chi connectivity index (χ4n) is 3.92. The number of benzene rings is 1. The molecule has 4 heterocycles. The minimum absolute atomic E-state index is 0. The van der Waals surface area contributed by atoms with Gasteiger partial charge in [-0.05, 0) is 49.5 Å². The van der Waals surface area contributed by atoms with Crippen LogP contribution >= 0.6 is 37.2 Å². The first-order valence-corrected chi connectivity index (χ1v) is 9.84. The summed E-state index contributed by atoms with van der Waals surface area (Å²) in [6.07, 6.45) is 9.01. The lowest BCUT2D eigenvalue weighted by atomic mass is 10.0. The Morgan fingerprint density at radius 1 is 0.909 bits per heavy atom. The average Bonchev–Trinajstić information content (AvgIpc) is 3.24. The Morgan fingerprint density at radius 2 is 1.67 bits per heavy atom. The van der Waals surface area contributed by atoms with Gasteiger partial charge in [0.25, 0.3) is 0 Å². The lowest BCUT2D eigenvalue weighted by Gasteiger charge is -2.22. The van der Waals surface area contributed by atoms with Crippen LogP contribution in [-0.2, 0) is 0 Å². The van der Waals surface area contributed by atoms with Gasteiger partial charge in [-0.1, -0.05) is 0 Å². The molecule has 0 amide bonds. The normalized spacial score (nSPS) is 13.6. The predicted molar refractivity (Wildman–Crippen MR) is 133 cm³/mol. The van der Waals surface area contributed by atoms with E-state index in [4.69, 9.17) is 5.73 Å². The number of aromatic nitrogens is 4. The van der Waals surface area contributed by atoms with Crippen LogP contribution in [0.15, 0.2) is 49.1 Å². The van der Waals surface area contributed by atoms with E-state index in [0.29, 0.717) is 28.5 Å². The molecule has 1 aliphatic heterocycles. The number of fused-ring (bicyclic) bond motifs is 1. The Hall–Kier alpha value is -2.52. The molecule has 3 N–H and O–H groups in total. The number of nitrogens with zero attached hydrogens (tertiary/aromatic N) is 4. The lowest BCUT2D eigenvalue weighted by Crippen LogP contribution is -2.29. The summed E-state index contributed by atoms with van der Waals surface area (Å²) >= 11 is 0. The number of nitrogen functional groups attached to an aromatic ring is 1. The molecule has 0 spiro atoms. The van der Waals surface area contributed by atoms with E-state index >= 15 is 0 Å². The van der Waals surface area contributed by atoms with Crippen molar-refractivity contribution in [2.24, 2.45) is 0 Å². The maximum absolute atomic E-state index is 14.0. The van der Waals surface area contributed by atoms with Crippen molar-refractivity contribution < 1.29 is 8.78 Å². The quantitative estimate of drug-likeness (QED) is 0.391. The number of anilines is 1. The molecule has 0 saturated carbocycles. The second-order valence-electron chi connectivity index (χ2n) is 7.53. The van der Waals surface area contributed by atoms with Crippen molar-refractivity contribution in [3.05, 3.63) is 60.7 Å². The van der Waals surface area contributed by atoms with Crippen molar-refractivity contribution in [1.29, 1.82) is 0 Å². The van der Waals surface area contributed by atoms with Crippen molar-refractivity contribution in [3.63, 3.8) is 0 Å². The summed E-state index contributed by atoms with van der Waals surface area (Å²) in [7, 11) is 0. The van der Waals surface area contributed by atoms with Gasteiger partial charge in [-0.15, -0.1) is 37.2 Å². The van der Waals surface area contributed by atoms with E-state index < -0.39 is 11.6 Å². The molecule has 1 saturated heterocycles. The Morgan fingerprint density at radius 3 is 2.42 bits per heavy atom. The number of hydrogen-bond donors (Lipinski definition) is 2. The van der Waals surface area contributed by atoms with Crippen molar-refractivity contribution in [2.75, 3.05) is 18.8 Å². The third kappa shape index (κ3) is 5.35. The van der Waals surface area contributed by atoms with Crippen LogP contribution in [0.4, 0.5) is 14.6 Å². The highest BCUT2D eigenvalue weighted by atomic mass is 35.5. The monoisotopic (exact) mass is 514 g/mol. The zero-order chi connectivity index (χ0) is 20.7. The van der Waals surface area contributed by atoms with Crippen molar-refractivity contribution in [2.45, 2.75) is 18.9 Å². The molecule has 3 aromatic heterocycles. The third-order valence-corrected chi connectivity index (χ3v) is 5.56. The number of pyridine rings is 2. The Kier molecular flexibility index (Phi) is 8.97. The molecule has 0 radical (unpaired) electrons. The molecule has 5 rings (SSSR count). The van der Waals surface area contributed by atoms with Crippen LogP contribution in [0.5, 0.6) is 0 Å². The van der Waals surface area contributed by atoms with Gasteiger partial charge in [0.15, 0.2) is 0 Å². The molecule has 0 aliphatic carbocycles. The Labute approximate surface area is 208 Å². The maximum Gasteiger partial charge on any atom is 0.135 e. The van der Waals surface area contributed by atoms with Crippen LogP contribution in [0.3, 0.4) is 0 Å². The zero-order valence-electron chi connectivity index (χ0n) is 17.4. The van der Waals surface area contributed by atoms with E-state index in [1.807, 2.05) is 23.1 Å². The van der Waals surface area contributed by atoms with Crippen LogP contribution in [0.1, 0.15) is 18.9 Å². The van der Waals surface area contributed by atoms with E-state index in [9.17, 15) is 8.78 Å². The van der Waals surface area contributed by atoms with E-state index in [-0.39, 0.29) is 42.6 Å². The minimum Gasteiger partial charge on any atom is -0.383 e. The molecular formula is C22H23Cl3F2N6. The smallest absolute Gasteiger partial charge is 0.135 e. The Balaban J connectivity index is 0.00000128. The largest absolute Gasteiger partial charge is 0.383 e. The molecular weight excluding hydrogens is 493 g/mol. The molecule has 1 aliphatic rings. The van der Waals surface area contributed by atoms with Gasteiger partial charge in [-0.3, -0.25) is 9.67 Å². The number of piperidine rings is 1. The molecule has 33 heavy (non-hydrogen) atoms. The highest BCUT2D eigenvalue weighted by Crippen LogP contribution is 2.31. The van der Waals surface area contributed by atoms with Crippen LogP contribution in [0.25, 0.3) is 33.2 Å². The van der Waals surface area contributed by atoms with Crippen LogP contribution in [0, 0.1) is 11.6 Å². The van der Waals surface area contributed by atoms with Crippen molar-refractivity contribution in [1.82, 2.24) is 25.1 Å². The van der Waals surface area contributed by atoms with E-state index in [1.165, 1.54) is 12.3 Å². The number of halogens is 5. The SMILES string of the molecule is Cl.Cl.Cl.Nc1ncc(-c2cnn(C3CCNCC3)c2)cc1-c1cc2cc(F)cc(F)c2cn1. The molecule has 4 aromatic rings. The predicted octanol–water partition coefficient (Wildman–Crippen LogP) is 5.21. The molecule has 176 valence electrons. The summed E-state index contributed by atoms with van der Waals surface area (Å²) in [5.41, 5.74) is 8.99. The van der Waals surface area contributed by atoms with E-state index in [1.54, 1.807) is 12.3 Å². The fourth-order valence-corrected chi connectivity index (χ4v) is 3.92. The molecule has 0 atom stereocenters. The van der Waals surface area contributed by atoms with Crippen LogP contribution in [0.2, 0.25) is 0 Å². The van der Waals surface area contributed by atoms with Gasteiger partial charge in [0.1, 0.15) is 17.5 Å². The molecule has 0 unspecified atom stereocenters. The second kappa shape index (κ2) is 11.1. The highest BCUT2D eigenvalue weighted by molar-refractivity contribution is 5.88. The van der Waals surface area contributed by atoms with E-state index in [0.717, 1.165) is 43.1 Å². The molecule has 6 nitrogen and oxygen atoms in total. The summed E-state index contributed by atoms with van der Waals surface area (Å²) in [5.74, 6) is -0.982. The first-order valence-electron chi connectivity index (χ1n) is 9.84. The minimum atomic E-state index is -0.644. The van der Waals surface area contributed by atoms with Gasteiger partial charge < -0.3 is 11.1 Å². The lowest BCUT2D eigenvalue weighted by molar-refractivity contribution is 0.343. The summed E-state index contributed by atoms with van der Waals surface area (Å²) < 4.78 is 29.6. The highest BCUT2D eigenvalue weighted by Gasteiger charge is 2.17. The van der Waals surface area contributed by atoms with Crippen LogP contribution in [-0.4, -0.2) is 32.8 Å². The number of nitrogens with one attached hydrogen (secondary N) is 1. The topological polar surface area (TPSA) is 81.6 Å². The maximum atomic E-state index is 14.0. The zero-order valence-corrected chi connectivity index (χ0v) is 19.8. The third-order valence-electron chi connectivity index (χ3n) is 5.56. The van der Waals surface area contributed by atoms with Crippen molar-refractivity contribution >= 4 is 53.8 Å². The van der Waals surface area contributed by atoms with Gasteiger partial charge in [0.2, 0.25) is 0 Å². The summed E-state index contributed by atoms with van der Waals surface area (Å²) in [4.78, 5) is 8.64. The van der Waals surface area contributed by atoms with Gasteiger partial charge in [0, 0.05) is 46.7 Å². The summed E-state index contributed by atoms with van der Waals surface area (Å²) in [6.45, 7) is 1.98. The number of rotatable bonds is 3. The van der Waals surface area contributed by atoms with Gasteiger partial charge >= 0.3 is 0 Å². The van der Waals surface area contributed by atoms with Crippen molar-refractivity contribution in [3.8, 4) is 22.4 Å². The summed E-state index contributed by atoms with van der Waals surface area (Å²) in [5, 5.41) is 8.56. The standard InChI is InChI=1S/C22H20F2N6.3ClH/c23-16-5-13-7-21(27-11-19(13)20(24)8-16)18-6-14(9-28-22(18)25)15-10-29-30(12-15)17-1-3-26-4-2-17;;;/h5-12,17,26H,1-4H2,(H2,25,28);3*1H. The van der Waals surface area contributed by atoms with Gasteiger partial charge in [0.05, 0.1) is 17.9 Å². The number of nitrogens with two attached hydrogens (primary N) is 1. The van der Waals surface area contributed by atoms with Gasteiger partial charge in [-0.2, -0.15) is 5.10 Å². The first-order chi connectivity index (χ1) is 14.6. The molecule has 1 aromatic carbocycles. The molecule has 11 heteroatoms. The average molecular weight is 516 g/mol. The van der Waals surface area contributed by atoms with Gasteiger partial charge in [-0.25, -0.2) is 13.8 Å². The molecule has 0 bridgehead atoms.